The summed E-state index contributed by atoms with van der Waals surface area (Å²) in [6, 6.07) is 18.8. The first kappa shape index (κ1) is 17.1. The van der Waals surface area contributed by atoms with Crippen molar-refractivity contribution in [2.75, 3.05) is 4.90 Å². The van der Waals surface area contributed by atoms with Crippen molar-refractivity contribution in [2.24, 2.45) is 5.16 Å². The molecule has 2 aromatic carbocycles. The normalized spacial score (nSPS) is 21.5. The van der Waals surface area contributed by atoms with Gasteiger partial charge in [-0.3, -0.25) is 9.59 Å². The van der Waals surface area contributed by atoms with Gasteiger partial charge in [-0.05, 0) is 51.0 Å². The van der Waals surface area contributed by atoms with E-state index in [2.05, 4.69) is 26.1 Å². The highest BCUT2D eigenvalue weighted by Crippen LogP contribution is 2.39. The summed E-state index contributed by atoms with van der Waals surface area (Å²) < 4.78 is 0.667. The molecule has 0 bridgehead atoms. The molecule has 3 aromatic rings. The number of anilines is 1. The maximum absolute atomic E-state index is 13.2. The van der Waals surface area contributed by atoms with Crippen LogP contribution in [-0.2, 0) is 14.4 Å². The average molecular weight is 436 g/mol. The van der Waals surface area contributed by atoms with Crippen molar-refractivity contribution in [3.8, 4) is 0 Å². The molecule has 1 spiro atoms. The lowest BCUT2D eigenvalue weighted by Crippen LogP contribution is -2.40. The van der Waals surface area contributed by atoms with Crippen LogP contribution in [0.15, 0.2) is 70.4 Å². The predicted octanol–water partition coefficient (Wildman–Crippen LogP) is 3.82. The zero-order valence-electron chi connectivity index (χ0n) is 14.6. The fraction of sp³-hybridized carbons (Fsp3) is 0.143. The topological polar surface area (TPSA) is 71.9 Å². The Morgan fingerprint density at radius 1 is 0.964 bits per heavy atom. The van der Waals surface area contributed by atoms with Crippen LogP contribution >= 0.6 is 15.9 Å². The van der Waals surface area contributed by atoms with Gasteiger partial charge in [0.15, 0.2) is 0 Å². The molecule has 1 unspecified atom stereocenters. The number of fused-ring (bicyclic) bond motifs is 1. The maximum atomic E-state index is 13.2. The maximum Gasteiger partial charge on any atom is 0.281 e. The second-order valence-corrected chi connectivity index (χ2v) is 7.70. The van der Waals surface area contributed by atoms with Gasteiger partial charge in [0.05, 0.1) is 17.8 Å². The minimum Gasteiger partial charge on any atom is -0.378 e. The molecule has 138 valence electrons. The molecule has 2 aliphatic heterocycles. The molecular weight excluding hydrogens is 422 g/mol. The van der Waals surface area contributed by atoms with Crippen LogP contribution in [0.4, 0.5) is 5.69 Å². The van der Waals surface area contributed by atoms with Gasteiger partial charge in [0.1, 0.15) is 10.3 Å². The van der Waals surface area contributed by atoms with Crippen LogP contribution in [0.5, 0.6) is 0 Å². The lowest BCUT2D eigenvalue weighted by atomic mass is 9.94. The van der Waals surface area contributed by atoms with Crippen LogP contribution < -0.4 is 4.90 Å². The van der Waals surface area contributed by atoms with Crippen molar-refractivity contribution in [1.29, 1.82) is 0 Å². The van der Waals surface area contributed by atoms with E-state index in [9.17, 15) is 9.59 Å². The molecule has 1 fully saturated rings. The van der Waals surface area contributed by atoms with Crippen molar-refractivity contribution < 1.29 is 14.4 Å². The lowest BCUT2D eigenvalue weighted by molar-refractivity contribution is -0.136. The first-order valence-corrected chi connectivity index (χ1v) is 9.59. The zero-order valence-corrected chi connectivity index (χ0v) is 16.2. The third kappa shape index (κ3) is 2.62. The van der Waals surface area contributed by atoms with Gasteiger partial charge >= 0.3 is 0 Å². The summed E-state index contributed by atoms with van der Waals surface area (Å²) in [5.41, 5.74) is 0.434. The average Bonchev–Trinajstić information content (AvgIpc) is 3.23. The number of amides is 2. The number of aromatic nitrogens is 1. The zero-order chi connectivity index (χ0) is 19.3. The van der Waals surface area contributed by atoms with Gasteiger partial charge in [-0.25, -0.2) is 9.88 Å². The summed E-state index contributed by atoms with van der Waals surface area (Å²) in [6.45, 7) is 0. The van der Waals surface area contributed by atoms with Gasteiger partial charge in [0.25, 0.3) is 5.91 Å². The Morgan fingerprint density at radius 2 is 1.79 bits per heavy atom. The highest BCUT2D eigenvalue weighted by molar-refractivity contribution is 9.10. The summed E-state index contributed by atoms with van der Waals surface area (Å²) in [5, 5.41) is 6.09. The highest BCUT2D eigenvalue weighted by atomic mass is 79.9. The standard InChI is InChI=1S/C21H14BrN3O3/c22-18-7-3-6-16(23-18)17-11-21(28-24-17)12-19(26)25(20(21)27)15-9-8-13-4-1-2-5-14(13)10-15/h1-10H,11-12H2. The van der Waals surface area contributed by atoms with Gasteiger partial charge in [-0.15, -0.1) is 0 Å². The minimum atomic E-state index is -1.29. The van der Waals surface area contributed by atoms with Gasteiger partial charge in [0, 0.05) is 6.42 Å². The molecule has 7 heteroatoms. The minimum absolute atomic E-state index is 0.0420. The van der Waals surface area contributed by atoms with E-state index in [-0.39, 0.29) is 24.7 Å². The monoisotopic (exact) mass is 435 g/mol. The van der Waals surface area contributed by atoms with Crippen LogP contribution in [0.3, 0.4) is 0 Å². The quantitative estimate of drug-likeness (QED) is 0.452. The van der Waals surface area contributed by atoms with Crippen molar-refractivity contribution in [3.05, 3.63) is 71.0 Å². The number of nitrogens with zero attached hydrogens (tertiary/aromatic N) is 3. The Kier molecular flexibility index (Phi) is 3.80. The van der Waals surface area contributed by atoms with E-state index in [0.29, 0.717) is 21.7 Å². The molecule has 1 saturated heterocycles. The number of carbonyl (C=O) groups is 2. The largest absolute Gasteiger partial charge is 0.378 e. The molecule has 1 aromatic heterocycles. The molecule has 6 nitrogen and oxygen atoms in total. The smallest absolute Gasteiger partial charge is 0.281 e. The molecule has 2 aliphatic rings. The fourth-order valence-corrected chi connectivity index (χ4v) is 4.03. The lowest BCUT2D eigenvalue weighted by Gasteiger charge is -2.19. The van der Waals surface area contributed by atoms with Crippen molar-refractivity contribution in [1.82, 2.24) is 4.98 Å². The molecule has 28 heavy (non-hydrogen) atoms. The van der Waals surface area contributed by atoms with E-state index in [1.165, 1.54) is 4.90 Å². The van der Waals surface area contributed by atoms with Crippen molar-refractivity contribution >= 4 is 49.9 Å². The van der Waals surface area contributed by atoms with Gasteiger partial charge < -0.3 is 4.84 Å². The first-order valence-electron chi connectivity index (χ1n) is 8.80. The summed E-state index contributed by atoms with van der Waals surface area (Å²) in [7, 11) is 0. The molecule has 2 amide bonds. The summed E-state index contributed by atoms with van der Waals surface area (Å²) in [4.78, 5) is 37.0. The van der Waals surface area contributed by atoms with Gasteiger partial charge in [0.2, 0.25) is 11.5 Å². The molecule has 0 radical (unpaired) electrons. The number of pyridine rings is 1. The number of hydrogen-bond acceptors (Lipinski definition) is 5. The number of hydrogen-bond donors (Lipinski definition) is 0. The van der Waals surface area contributed by atoms with Crippen LogP contribution in [0, 0.1) is 0 Å². The van der Waals surface area contributed by atoms with Crippen LogP contribution in [-0.4, -0.2) is 28.1 Å². The summed E-state index contributed by atoms with van der Waals surface area (Å²) in [5.74, 6) is -0.680. The Labute approximate surface area is 168 Å². The number of imide groups is 1. The molecule has 3 heterocycles. The highest BCUT2D eigenvalue weighted by Gasteiger charge is 2.58. The van der Waals surface area contributed by atoms with Crippen LogP contribution in [0.25, 0.3) is 10.8 Å². The molecule has 0 saturated carbocycles. The Morgan fingerprint density at radius 3 is 2.61 bits per heavy atom. The number of carbonyl (C=O) groups excluding carboxylic acids is 2. The molecule has 5 rings (SSSR count). The van der Waals surface area contributed by atoms with E-state index < -0.39 is 5.60 Å². The number of rotatable bonds is 2. The second kappa shape index (κ2) is 6.24. The van der Waals surface area contributed by atoms with Gasteiger partial charge in [-0.1, -0.05) is 41.6 Å². The Hall–Kier alpha value is -3.06. The van der Waals surface area contributed by atoms with Crippen LogP contribution in [0.1, 0.15) is 18.5 Å². The molecule has 1 atom stereocenters. The molecule has 0 N–H and O–H groups in total. The van der Waals surface area contributed by atoms with Crippen molar-refractivity contribution in [2.45, 2.75) is 18.4 Å². The van der Waals surface area contributed by atoms with E-state index in [0.717, 1.165) is 10.8 Å². The first-order chi connectivity index (χ1) is 13.6. The Bertz CT molecular complexity index is 1180. The van der Waals surface area contributed by atoms with Gasteiger partial charge in [-0.2, -0.15) is 0 Å². The van der Waals surface area contributed by atoms with Crippen LogP contribution in [0.2, 0.25) is 0 Å². The second-order valence-electron chi connectivity index (χ2n) is 6.89. The van der Waals surface area contributed by atoms with E-state index in [1.807, 2.05) is 42.5 Å². The number of benzene rings is 2. The van der Waals surface area contributed by atoms with Crippen molar-refractivity contribution in [3.63, 3.8) is 0 Å². The van der Waals surface area contributed by atoms with E-state index in [4.69, 9.17) is 4.84 Å². The molecule has 0 aliphatic carbocycles. The Balaban J connectivity index is 1.46. The SMILES string of the molecule is O=C1CC2(CC(c3cccc(Br)n3)=NO2)C(=O)N1c1ccc2ccccc2c1. The third-order valence-corrected chi connectivity index (χ3v) is 5.51. The van der Waals surface area contributed by atoms with E-state index >= 15 is 0 Å². The fourth-order valence-electron chi connectivity index (χ4n) is 3.69. The number of oxime groups is 1. The third-order valence-electron chi connectivity index (χ3n) is 5.06. The predicted molar refractivity (Wildman–Crippen MR) is 108 cm³/mol. The summed E-state index contributed by atoms with van der Waals surface area (Å²) in [6.07, 6.45) is 0.171. The molecular formula is C21H14BrN3O3. The number of halogens is 1. The van der Waals surface area contributed by atoms with E-state index in [1.54, 1.807) is 18.2 Å². The summed E-state index contributed by atoms with van der Waals surface area (Å²) >= 11 is 3.33.